The number of benzene rings is 2. The first-order valence-electron chi connectivity index (χ1n) is 8.23. The molecule has 2 aromatic carbocycles. The van der Waals surface area contributed by atoms with E-state index < -0.39 is 12.0 Å². The van der Waals surface area contributed by atoms with Crippen molar-refractivity contribution in [1.29, 1.82) is 0 Å². The highest BCUT2D eigenvalue weighted by atomic mass is 16.5. The van der Waals surface area contributed by atoms with Gasteiger partial charge in [0.05, 0.1) is 5.52 Å². The number of esters is 1. The average Bonchev–Trinajstić information content (AvgIpc) is 2.99. The number of fused-ring (bicyclic) bond motifs is 4. The van der Waals surface area contributed by atoms with E-state index in [4.69, 9.17) is 10.5 Å². The standard InChI is InChI=1S/C20H19N3O2/c1-10-16-9-22-7-6-14(16)11(2)19-18(10)15-8-13(4-5-17(15)23-19)25-20(24)12(3)21/h4-9,12,23H,21H2,1-3H3/t12-/m0/s1. The lowest BCUT2D eigenvalue weighted by atomic mass is 9.97. The summed E-state index contributed by atoms with van der Waals surface area (Å²) in [5.41, 5.74) is 10.0. The molecule has 0 spiro atoms. The van der Waals surface area contributed by atoms with Gasteiger partial charge in [-0.15, -0.1) is 0 Å². The van der Waals surface area contributed by atoms with Crippen molar-refractivity contribution in [2.45, 2.75) is 26.8 Å². The normalized spacial score (nSPS) is 12.8. The highest BCUT2D eigenvalue weighted by Gasteiger charge is 2.16. The van der Waals surface area contributed by atoms with Gasteiger partial charge in [-0.2, -0.15) is 0 Å². The molecule has 2 aromatic heterocycles. The summed E-state index contributed by atoms with van der Waals surface area (Å²) in [5, 5.41) is 4.48. The van der Waals surface area contributed by atoms with E-state index in [1.165, 1.54) is 10.9 Å². The molecular weight excluding hydrogens is 314 g/mol. The van der Waals surface area contributed by atoms with Crippen LogP contribution in [0.15, 0.2) is 36.7 Å². The maximum Gasteiger partial charge on any atom is 0.328 e. The third-order valence-electron chi connectivity index (χ3n) is 4.74. The quantitative estimate of drug-likeness (QED) is 0.432. The minimum absolute atomic E-state index is 0.443. The van der Waals surface area contributed by atoms with Crippen LogP contribution < -0.4 is 10.5 Å². The van der Waals surface area contributed by atoms with E-state index in [9.17, 15) is 4.79 Å². The molecule has 4 aromatic rings. The molecule has 1 atom stereocenters. The van der Waals surface area contributed by atoms with Gasteiger partial charge in [0.1, 0.15) is 11.8 Å². The molecule has 2 heterocycles. The second-order valence-corrected chi connectivity index (χ2v) is 6.46. The van der Waals surface area contributed by atoms with Crippen molar-refractivity contribution in [2.24, 2.45) is 5.73 Å². The Morgan fingerprint density at radius 1 is 1.16 bits per heavy atom. The molecule has 4 rings (SSSR count). The first-order valence-corrected chi connectivity index (χ1v) is 8.23. The molecule has 0 amide bonds. The Kier molecular flexibility index (Phi) is 3.47. The minimum Gasteiger partial charge on any atom is -0.425 e. The van der Waals surface area contributed by atoms with Crippen molar-refractivity contribution in [3.63, 3.8) is 0 Å². The number of hydrogen-bond donors (Lipinski definition) is 2. The lowest BCUT2D eigenvalue weighted by molar-refractivity contribution is -0.135. The maximum absolute atomic E-state index is 11.8. The number of nitrogens with zero attached hydrogens (tertiary/aromatic N) is 1. The molecule has 0 unspecified atom stereocenters. The molecule has 0 aliphatic carbocycles. The number of carbonyl (C=O) groups excluding carboxylic acids is 1. The Bertz CT molecular complexity index is 1140. The molecule has 126 valence electrons. The number of nitrogens with one attached hydrogen (secondary N) is 1. The number of aromatic amines is 1. The highest BCUT2D eigenvalue weighted by molar-refractivity contribution is 6.16. The highest BCUT2D eigenvalue weighted by Crippen LogP contribution is 2.37. The number of ether oxygens (including phenoxy) is 1. The van der Waals surface area contributed by atoms with E-state index >= 15 is 0 Å². The number of aromatic nitrogens is 2. The fourth-order valence-electron chi connectivity index (χ4n) is 3.40. The van der Waals surface area contributed by atoms with Gasteiger partial charge in [0, 0.05) is 34.1 Å². The number of hydrogen-bond acceptors (Lipinski definition) is 4. The van der Waals surface area contributed by atoms with Crippen LogP contribution >= 0.6 is 0 Å². The van der Waals surface area contributed by atoms with Crippen molar-refractivity contribution < 1.29 is 9.53 Å². The van der Waals surface area contributed by atoms with Crippen LogP contribution in [0.25, 0.3) is 32.6 Å². The Morgan fingerprint density at radius 2 is 1.96 bits per heavy atom. The minimum atomic E-state index is -0.655. The van der Waals surface area contributed by atoms with Crippen LogP contribution in [0.5, 0.6) is 5.75 Å². The van der Waals surface area contributed by atoms with Gasteiger partial charge in [0.25, 0.3) is 0 Å². The van der Waals surface area contributed by atoms with E-state index in [0.29, 0.717) is 5.75 Å². The van der Waals surface area contributed by atoms with E-state index in [1.54, 1.807) is 13.0 Å². The van der Waals surface area contributed by atoms with Gasteiger partial charge in [0.15, 0.2) is 0 Å². The molecule has 3 N–H and O–H groups in total. The number of pyridine rings is 1. The third-order valence-corrected chi connectivity index (χ3v) is 4.74. The van der Waals surface area contributed by atoms with Crippen molar-refractivity contribution >= 4 is 38.5 Å². The molecule has 0 fully saturated rings. The van der Waals surface area contributed by atoms with Gasteiger partial charge in [-0.1, -0.05) is 0 Å². The van der Waals surface area contributed by atoms with Crippen LogP contribution in [0.3, 0.4) is 0 Å². The molecule has 0 bridgehead atoms. The molecular formula is C20H19N3O2. The Hall–Kier alpha value is -2.92. The number of nitrogens with two attached hydrogens (primary N) is 1. The largest absolute Gasteiger partial charge is 0.425 e. The van der Waals surface area contributed by atoms with Gasteiger partial charge in [-0.3, -0.25) is 4.98 Å². The third kappa shape index (κ3) is 2.36. The molecule has 0 aliphatic heterocycles. The summed E-state index contributed by atoms with van der Waals surface area (Å²) < 4.78 is 5.37. The molecule has 0 radical (unpaired) electrons. The Balaban J connectivity index is 2.02. The summed E-state index contributed by atoms with van der Waals surface area (Å²) in [4.78, 5) is 19.5. The monoisotopic (exact) mass is 333 g/mol. The fourth-order valence-corrected chi connectivity index (χ4v) is 3.40. The van der Waals surface area contributed by atoms with Gasteiger partial charge < -0.3 is 15.5 Å². The van der Waals surface area contributed by atoms with Crippen LogP contribution in [-0.2, 0) is 4.79 Å². The van der Waals surface area contributed by atoms with Gasteiger partial charge in [-0.25, -0.2) is 4.79 Å². The smallest absolute Gasteiger partial charge is 0.328 e. The van der Waals surface area contributed by atoms with Crippen molar-refractivity contribution in [2.75, 3.05) is 0 Å². The maximum atomic E-state index is 11.8. The predicted octanol–water partition coefficient (Wildman–Crippen LogP) is 3.74. The lowest BCUT2D eigenvalue weighted by Crippen LogP contribution is -2.30. The van der Waals surface area contributed by atoms with Gasteiger partial charge in [-0.05, 0) is 61.5 Å². The van der Waals surface area contributed by atoms with Crippen LogP contribution in [0.1, 0.15) is 18.1 Å². The molecule has 25 heavy (non-hydrogen) atoms. The van der Waals surface area contributed by atoms with E-state index in [0.717, 1.165) is 32.8 Å². The predicted molar refractivity (Wildman–Crippen MR) is 99.9 cm³/mol. The first-order chi connectivity index (χ1) is 12.0. The fraction of sp³-hybridized carbons (Fsp3) is 0.200. The van der Waals surface area contributed by atoms with Crippen molar-refractivity contribution in [1.82, 2.24) is 9.97 Å². The number of rotatable bonds is 2. The summed E-state index contributed by atoms with van der Waals surface area (Å²) in [6.07, 6.45) is 3.71. The van der Waals surface area contributed by atoms with E-state index in [1.807, 2.05) is 30.6 Å². The molecule has 0 aliphatic rings. The summed E-state index contributed by atoms with van der Waals surface area (Å²) in [6.45, 7) is 5.81. The summed E-state index contributed by atoms with van der Waals surface area (Å²) in [5.74, 6) is 0.0563. The van der Waals surface area contributed by atoms with Crippen molar-refractivity contribution in [3.05, 3.63) is 47.8 Å². The average molecular weight is 333 g/mol. The topological polar surface area (TPSA) is 81.0 Å². The molecule has 5 heteroatoms. The van der Waals surface area contributed by atoms with E-state index in [2.05, 4.69) is 23.8 Å². The summed E-state index contributed by atoms with van der Waals surface area (Å²) in [7, 11) is 0. The molecule has 0 saturated heterocycles. The first kappa shape index (κ1) is 15.6. The van der Waals surface area contributed by atoms with Crippen LogP contribution in [0.2, 0.25) is 0 Å². The Labute approximate surface area is 144 Å². The van der Waals surface area contributed by atoms with Crippen LogP contribution in [0, 0.1) is 13.8 Å². The zero-order valence-electron chi connectivity index (χ0n) is 14.4. The van der Waals surface area contributed by atoms with Gasteiger partial charge >= 0.3 is 5.97 Å². The zero-order valence-corrected chi connectivity index (χ0v) is 14.4. The molecule has 5 nitrogen and oxygen atoms in total. The number of carbonyl (C=O) groups is 1. The Morgan fingerprint density at radius 3 is 2.72 bits per heavy atom. The molecule has 0 saturated carbocycles. The van der Waals surface area contributed by atoms with Crippen LogP contribution in [0.4, 0.5) is 0 Å². The zero-order chi connectivity index (χ0) is 17.7. The van der Waals surface area contributed by atoms with Crippen LogP contribution in [-0.4, -0.2) is 22.0 Å². The SMILES string of the molecule is Cc1c2ccncc2c(C)c2c1[nH]c1ccc(OC(=O)[C@H](C)N)cc12. The van der Waals surface area contributed by atoms with Gasteiger partial charge in [0.2, 0.25) is 0 Å². The summed E-state index contributed by atoms with van der Waals surface area (Å²) in [6, 6.07) is 6.99. The number of aryl methyl sites for hydroxylation is 2. The number of H-pyrrole nitrogens is 1. The van der Waals surface area contributed by atoms with Crippen molar-refractivity contribution in [3.8, 4) is 5.75 Å². The second-order valence-electron chi connectivity index (χ2n) is 6.46. The van der Waals surface area contributed by atoms with E-state index in [-0.39, 0.29) is 0 Å². The second kappa shape index (κ2) is 5.57. The summed E-state index contributed by atoms with van der Waals surface area (Å²) >= 11 is 0. The lowest BCUT2D eigenvalue weighted by Gasteiger charge is -2.09.